The Morgan fingerprint density at radius 2 is 1.73 bits per heavy atom. The number of carbonyl (C=O) groups is 1. The first kappa shape index (κ1) is 25.4. The van der Waals surface area contributed by atoms with Crippen molar-refractivity contribution in [3.63, 3.8) is 0 Å². The average molecular weight is 465 g/mol. The SMILES string of the molecule is COCOC1C[C@@H]2C[C@H](C)CC[C@]2(C)C2CC[C@]3(C)[C@@H]([C@H](C)CC(O)C(=O)OC)CC[C@H]3C12. The van der Waals surface area contributed by atoms with Crippen molar-refractivity contribution >= 4 is 5.97 Å². The van der Waals surface area contributed by atoms with Crippen LogP contribution >= 0.6 is 0 Å². The molecule has 1 N–H and O–H groups in total. The smallest absolute Gasteiger partial charge is 0.334 e. The quantitative estimate of drug-likeness (QED) is 0.401. The van der Waals surface area contributed by atoms with Gasteiger partial charge in [0.1, 0.15) is 6.79 Å². The van der Waals surface area contributed by atoms with E-state index < -0.39 is 12.1 Å². The van der Waals surface area contributed by atoms with Gasteiger partial charge in [-0.15, -0.1) is 0 Å². The first-order chi connectivity index (χ1) is 15.7. The second kappa shape index (κ2) is 9.78. The van der Waals surface area contributed by atoms with Gasteiger partial charge in [0.05, 0.1) is 13.2 Å². The summed E-state index contributed by atoms with van der Waals surface area (Å²) in [5.41, 5.74) is 0.687. The van der Waals surface area contributed by atoms with Gasteiger partial charge in [0, 0.05) is 7.11 Å². The van der Waals surface area contributed by atoms with Crippen molar-refractivity contribution in [3.05, 3.63) is 0 Å². The van der Waals surface area contributed by atoms with E-state index in [1.54, 1.807) is 7.11 Å². The summed E-state index contributed by atoms with van der Waals surface area (Å²) in [6.07, 6.45) is 10.0. The standard InChI is InChI=1S/C28H48O5/c1-17-9-11-27(3)19(13-17)15-24(33-16-31-5)25-21-8-7-20(28(21,4)12-10-22(25)27)18(2)14-23(29)26(30)32-6/h17-25,29H,7-16H2,1-6H3/t17-,18-,19+,20-,21+,22?,23?,24?,25?,27+,28-/m1/s1. The molecule has 4 saturated carbocycles. The number of fused-ring (bicyclic) bond motifs is 5. The van der Waals surface area contributed by atoms with Crippen LogP contribution in [-0.2, 0) is 19.0 Å². The Hall–Kier alpha value is -0.650. The average Bonchev–Trinajstić information content (AvgIpc) is 3.14. The molecule has 4 fully saturated rings. The van der Waals surface area contributed by atoms with Crippen LogP contribution in [0.2, 0.25) is 0 Å². The van der Waals surface area contributed by atoms with Gasteiger partial charge in [0.15, 0.2) is 6.10 Å². The van der Waals surface area contributed by atoms with Crippen molar-refractivity contribution in [2.24, 2.45) is 52.3 Å². The number of aliphatic hydroxyl groups excluding tert-OH is 1. The molecule has 0 radical (unpaired) electrons. The Balaban J connectivity index is 1.58. The van der Waals surface area contributed by atoms with Crippen LogP contribution < -0.4 is 0 Å². The van der Waals surface area contributed by atoms with Crippen molar-refractivity contribution in [2.45, 2.75) is 97.7 Å². The van der Waals surface area contributed by atoms with Crippen LogP contribution in [-0.4, -0.2) is 44.3 Å². The van der Waals surface area contributed by atoms with Gasteiger partial charge >= 0.3 is 5.97 Å². The van der Waals surface area contributed by atoms with Crippen molar-refractivity contribution in [3.8, 4) is 0 Å². The molecule has 0 heterocycles. The second-order valence-electron chi connectivity index (χ2n) is 12.7. The first-order valence-corrected chi connectivity index (χ1v) is 13.5. The molecule has 0 aromatic rings. The lowest BCUT2D eigenvalue weighted by Gasteiger charge is -2.63. The molecule has 0 aromatic heterocycles. The number of rotatable bonds is 7. The lowest BCUT2D eigenvalue weighted by atomic mass is 9.43. The summed E-state index contributed by atoms with van der Waals surface area (Å²) >= 11 is 0. The lowest BCUT2D eigenvalue weighted by molar-refractivity contribution is -0.204. The van der Waals surface area contributed by atoms with Gasteiger partial charge in [-0.2, -0.15) is 0 Å². The van der Waals surface area contributed by atoms with Gasteiger partial charge in [-0.1, -0.05) is 34.1 Å². The summed E-state index contributed by atoms with van der Waals surface area (Å²) in [4.78, 5) is 11.8. The molecular formula is C28H48O5. The monoisotopic (exact) mass is 464 g/mol. The predicted molar refractivity (Wildman–Crippen MR) is 128 cm³/mol. The molecule has 33 heavy (non-hydrogen) atoms. The lowest BCUT2D eigenvalue weighted by Crippen LogP contribution is -2.58. The number of hydrogen-bond donors (Lipinski definition) is 1. The fraction of sp³-hybridized carbons (Fsp3) is 0.964. The molecule has 4 unspecified atom stereocenters. The van der Waals surface area contributed by atoms with Gasteiger partial charge in [0.2, 0.25) is 0 Å². The number of aliphatic hydroxyl groups is 1. The zero-order valence-corrected chi connectivity index (χ0v) is 21.8. The Morgan fingerprint density at radius 3 is 2.42 bits per heavy atom. The van der Waals surface area contributed by atoms with Crippen LogP contribution in [0.25, 0.3) is 0 Å². The molecule has 4 rings (SSSR count). The van der Waals surface area contributed by atoms with Crippen molar-refractivity contribution in [2.75, 3.05) is 21.0 Å². The highest BCUT2D eigenvalue weighted by Gasteiger charge is 2.63. The third-order valence-corrected chi connectivity index (χ3v) is 11.1. The van der Waals surface area contributed by atoms with E-state index in [1.165, 1.54) is 58.5 Å². The molecule has 190 valence electrons. The molecule has 11 atom stereocenters. The number of hydrogen-bond acceptors (Lipinski definition) is 5. The zero-order valence-electron chi connectivity index (χ0n) is 21.8. The summed E-state index contributed by atoms with van der Waals surface area (Å²) in [5, 5.41) is 10.3. The van der Waals surface area contributed by atoms with E-state index >= 15 is 0 Å². The molecule has 4 aliphatic carbocycles. The number of methoxy groups -OCH3 is 2. The van der Waals surface area contributed by atoms with E-state index in [9.17, 15) is 9.90 Å². The van der Waals surface area contributed by atoms with Gasteiger partial charge in [0.25, 0.3) is 0 Å². The van der Waals surface area contributed by atoms with Crippen LogP contribution in [0.3, 0.4) is 0 Å². The summed E-state index contributed by atoms with van der Waals surface area (Å²) < 4.78 is 16.6. The molecule has 0 saturated heterocycles. The molecule has 4 aliphatic rings. The largest absolute Gasteiger partial charge is 0.467 e. The molecule has 0 amide bonds. The van der Waals surface area contributed by atoms with Crippen LogP contribution in [0, 0.1) is 52.3 Å². The highest BCUT2D eigenvalue weighted by molar-refractivity contribution is 5.74. The van der Waals surface area contributed by atoms with Gasteiger partial charge in [-0.05, 0) is 104 Å². The van der Waals surface area contributed by atoms with E-state index in [0.29, 0.717) is 42.3 Å². The Bertz CT molecular complexity index is 696. The van der Waals surface area contributed by atoms with Crippen LogP contribution in [0.15, 0.2) is 0 Å². The summed E-state index contributed by atoms with van der Waals surface area (Å²) in [6.45, 7) is 10.2. The minimum atomic E-state index is -1.01. The normalized spacial score (nSPS) is 46.6. The van der Waals surface area contributed by atoms with Gasteiger partial charge in [-0.25, -0.2) is 4.79 Å². The fourth-order valence-electron chi connectivity index (χ4n) is 9.47. The molecule has 5 nitrogen and oxygen atoms in total. The van der Waals surface area contributed by atoms with Crippen LogP contribution in [0.1, 0.15) is 85.5 Å². The van der Waals surface area contributed by atoms with E-state index in [0.717, 1.165) is 17.8 Å². The number of carbonyl (C=O) groups excluding carboxylic acids is 1. The van der Waals surface area contributed by atoms with Gasteiger partial charge < -0.3 is 19.3 Å². The van der Waals surface area contributed by atoms with E-state index in [1.807, 2.05) is 0 Å². The van der Waals surface area contributed by atoms with Crippen LogP contribution in [0.5, 0.6) is 0 Å². The summed E-state index contributed by atoms with van der Waals surface area (Å²) in [6, 6.07) is 0. The summed E-state index contributed by atoms with van der Waals surface area (Å²) in [7, 11) is 3.09. The van der Waals surface area contributed by atoms with Crippen LogP contribution in [0.4, 0.5) is 0 Å². The summed E-state index contributed by atoms with van der Waals surface area (Å²) in [5.74, 6) is 3.90. The zero-order chi connectivity index (χ0) is 24.0. The molecule has 0 bridgehead atoms. The van der Waals surface area contributed by atoms with E-state index in [2.05, 4.69) is 27.7 Å². The first-order valence-electron chi connectivity index (χ1n) is 13.5. The minimum Gasteiger partial charge on any atom is -0.467 e. The third-order valence-electron chi connectivity index (χ3n) is 11.1. The molecule has 0 spiro atoms. The Morgan fingerprint density at radius 1 is 1.03 bits per heavy atom. The van der Waals surface area contributed by atoms with E-state index in [4.69, 9.17) is 14.2 Å². The molecule has 5 heteroatoms. The highest BCUT2D eigenvalue weighted by atomic mass is 16.7. The van der Waals surface area contributed by atoms with E-state index in [-0.39, 0.29) is 11.5 Å². The van der Waals surface area contributed by atoms with Crippen molar-refractivity contribution in [1.29, 1.82) is 0 Å². The Labute approximate surface area is 201 Å². The number of esters is 1. The maximum absolute atomic E-state index is 11.8. The highest BCUT2D eigenvalue weighted by Crippen LogP contribution is 2.69. The number of ether oxygens (including phenoxy) is 3. The second-order valence-corrected chi connectivity index (χ2v) is 12.7. The third kappa shape index (κ3) is 4.40. The maximum Gasteiger partial charge on any atom is 0.334 e. The predicted octanol–water partition coefficient (Wildman–Crippen LogP) is 5.44. The topological polar surface area (TPSA) is 65.0 Å². The van der Waals surface area contributed by atoms with Crippen molar-refractivity contribution in [1.82, 2.24) is 0 Å². The molecule has 0 aromatic carbocycles. The molecular weight excluding hydrogens is 416 g/mol. The minimum absolute atomic E-state index is 0.246. The Kier molecular flexibility index (Phi) is 7.54. The van der Waals surface area contributed by atoms with Gasteiger partial charge in [-0.3, -0.25) is 0 Å². The molecule has 0 aliphatic heterocycles. The van der Waals surface area contributed by atoms with Crippen molar-refractivity contribution < 1.29 is 24.1 Å². The fourth-order valence-corrected chi connectivity index (χ4v) is 9.47. The maximum atomic E-state index is 11.8.